The number of halogens is 2. The molecule has 0 amide bonds. The first-order valence-electron chi connectivity index (χ1n) is 4.21. The first kappa shape index (κ1) is 12.2. The minimum absolute atomic E-state index is 0.0112. The molecule has 1 aromatic rings. The predicted octanol–water partition coefficient (Wildman–Crippen LogP) is 1.40. The van der Waals surface area contributed by atoms with Crippen molar-refractivity contribution in [3.8, 4) is 5.75 Å². The highest BCUT2D eigenvalue weighted by Crippen LogP contribution is 2.33. The normalized spacial score (nSPS) is 10.3. The number of aromatic nitrogens is 1. The molecule has 0 bridgehead atoms. The third kappa shape index (κ3) is 2.02. The summed E-state index contributed by atoms with van der Waals surface area (Å²) in [6, 6.07) is 0. The van der Waals surface area contributed by atoms with Crippen molar-refractivity contribution >= 4 is 11.7 Å². The van der Waals surface area contributed by atoms with Gasteiger partial charge in [0.05, 0.1) is 31.7 Å². The second-order valence-electron chi connectivity index (χ2n) is 2.79. The van der Waals surface area contributed by atoms with Crippen LogP contribution in [0, 0.1) is 0 Å². The first-order valence-corrected chi connectivity index (χ1v) is 4.21. The molecule has 0 aliphatic carbocycles. The maximum Gasteiger partial charge on any atom is 0.357 e. The average molecular weight is 232 g/mol. The fourth-order valence-electron chi connectivity index (χ4n) is 1.17. The van der Waals surface area contributed by atoms with E-state index in [0.717, 1.165) is 13.3 Å². The summed E-state index contributed by atoms with van der Waals surface area (Å²) in [6.07, 6.45) is -1.84. The molecule has 0 fully saturated rings. The molecule has 16 heavy (non-hydrogen) atoms. The molecule has 1 aromatic heterocycles. The number of carbonyl (C=O) groups is 1. The van der Waals surface area contributed by atoms with Crippen LogP contribution in [-0.4, -0.2) is 25.2 Å². The zero-order chi connectivity index (χ0) is 12.3. The van der Waals surface area contributed by atoms with Crippen molar-refractivity contribution in [1.29, 1.82) is 0 Å². The van der Waals surface area contributed by atoms with E-state index in [4.69, 9.17) is 10.5 Å². The predicted molar refractivity (Wildman–Crippen MR) is 51.5 cm³/mol. The number of rotatable bonds is 3. The summed E-state index contributed by atoms with van der Waals surface area (Å²) in [5.41, 5.74) is 3.94. The highest BCUT2D eigenvalue weighted by molar-refractivity contribution is 5.91. The fraction of sp³-hybridized carbons (Fsp3) is 0.333. The molecule has 5 nitrogen and oxygen atoms in total. The standard InChI is InChI=1S/C9H10F2N2O3/c1-15-4-3-13-7(9(14)16-2)5(6(4)12)8(10)11/h3,8H,1-2H3,(H2,12,13). The van der Waals surface area contributed by atoms with Gasteiger partial charge in [0, 0.05) is 0 Å². The third-order valence-corrected chi connectivity index (χ3v) is 1.94. The lowest BCUT2D eigenvalue weighted by molar-refractivity contribution is 0.0581. The molecule has 0 unspecified atom stereocenters. The minimum atomic E-state index is -2.93. The van der Waals surface area contributed by atoms with Crippen molar-refractivity contribution in [2.24, 2.45) is 0 Å². The summed E-state index contributed by atoms with van der Waals surface area (Å²) < 4.78 is 34.5. The molecular weight excluding hydrogens is 222 g/mol. The number of pyridine rings is 1. The largest absolute Gasteiger partial charge is 0.493 e. The molecule has 0 aromatic carbocycles. The Morgan fingerprint density at radius 1 is 1.50 bits per heavy atom. The molecule has 0 aliphatic rings. The van der Waals surface area contributed by atoms with Crippen LogP contribution >= 0.6 is 0 Å². The van der Waals surface area contributed by atoms with E-state index in [1.54, 1.807) is 0 Å². The first-order chi connectivity index (χ1) is 7.52. The van der Waals surface area contributed by atoms with Crippen LogP contribution in [0.4, 0.5) is 14.5 Å². The molecular formula is C9H10F2N2O3. The van der Waals surface area contributed by atoms with Crippen LogP contribution < -0.4 is 10.5 Å². The van der Waals surface area contributed by atoms with Gasteiger partial charge in [-0.2, -0.15) is 0 Å². The number of alkyl halides is 2. The summed E-state index contributed by atoms with van der Waals surface area (Å²) in [4.78, 5) is 14.7. The second-order valence-corrected chi connectivity index (χ2v) is 2.79. The van der Waals surface area contributed by atoms with E-state index in [1.807, 2.05) is 0 Å². The van der Waals surface area contributed by atoms with Gasteiger partial charge in [-0.1, -0.05) is 0 Å². The van der Waals surface area contributed by atoms with Crippen molar-refractivity contribution < 1.29 is 23.0 Å². The topological polar surface area (TPSA) is 74.4 Å². The summed E-state index contributed by atoms with van der Waals surface area (Å²) in [7, 11) is 2.33. The van der Waals surface area contributed by atoms with Gasteiger partial charge in [0.1, 0.15) is 0 Å². The molecule has 1 heterocycles. The van der Waals surface area contributed by atoms with Crippen LogP contribution in [0.1, 0.15) is 22.5 Å². The van der Waals surface area contributed by atoms with Crippen molar-refractivity contribution in [3.05, 3.63) is 17.5 Å². The Morgan fingerprint density at radius 3 is 2.56 bits per heavy atom. The van der Waals surface area contributed by atoms with Gasteiger partial charge >= 0.3 is 5.97 Å². The Labute approximate surface area is 90.2 Å². The monoisotopic (exact) mass is 232 g/mol. The molecule has 88 valence electrons. The number of methoxy groups -OCH3 is 2. The van der Waals surface area contributed by atoms with Gasteiger partial charge in [0.25, 0.3) is 6.43 Å². The SMILES string of the molecule is COC(=O)c1ncc(OC)c(N)c1C(F)F. The molecule has 7 heteroatoms. The Bertz CT molecular complexity index is 410. The summed E-state index contributed by atoms with van der Waals surface area (Å²) in [6.45, 7) is 0. The number of hydrogen-bond donors (Lipinski definition) is 1. The van der Waals surface area contributed by atoms with Gasteiger partial charge in [-0.05, 0) is 0 Å². The third-order valence-electron chi connectivity index (χ3n) is 1.94. The van der Waals surface area contributed by atoms with Crippen LogP contribution in [0.5, 0.6) is 5.75 Å². The fourth-order valence-corrected chi connectivity index (χ4v) is 1.17. The van der Waals surface area contributed by atoms with Crippen molar-refractivity contribution in [2.75, 3.05) is 20.0 Å². The summed E-state index contributed by atoms with van der Waals surface area (Å²) in [5.74, 6) is -0.979. The van der Waals surface area contributed by atoms with Gasteiger partial charge < -0.3 is 15.2 Å². The van der Waals surface area contributed by atoms with Crippen molar-refractivity contribution in [2.45, 2.75) is 6.43 Å². The Balaban J connectivity index is 3.40. The number of carbonyl (C=O) groups excluding carboxylic acids is 1. The van der Waals surface area contributed by atoms with E-state index < -0.39 is 23.7 Å². The van der Waals surface area contributed by atoms with E-state index in [-0.39, 0.29) is 11.4 Å². The zero-order valence-corrected chi connectivity index (χ0v) is 8.66. The van der Waals surface area contributed by atoms with E-state index >= 15 is 0 Å². The van der Waals surface area contributed by atoms with Crippen molar-refractivity contribution in [3.63, 3.8) is 0 Å². The number of ether oxygens (including phenoxy) is 2. The maximum absolute atomic E-state index is 12.7. The lowest BCUT2D eigenvalue weighted by Crippen LogP contribution is -2.12. The van der Waals surface area contributed by atoms with Gasteiger partial charge in [0.15, 0.2) is 11.4 Å². The molecule has 0 saturated carbocycles. The van der Waals surface area contributed by atoms with E-state index in [1.165, 1.54) is 7.11 Å². The Morgan fingerprint density at radius 2 is 2.12 bits per heavy atom. The van der Waals surface area contributed by atoms with Gasteiger partial charge in [-0.25, -0.2) is 18.6 Å². The molecule has 2 N–H and O–H groups in total. The summed E-state index contributed by atoms with van der Waals surface area (Å²) in [5, 5.41) is 0. The lowest BCUT2D eigenvalue weighted by atomic mass is 10.1. The number of anilines is 1. The molecule has 0 saturated heterocycles. The van der Waals surface area contributed by atoms with Crippen molar-refractivity contribution in [1.82, 2.24) is 4.98 Å². The lowest BCUT2D eigenvalue weighted by Gasteiger charge is -2.12. The molecule has 0 aliphatic heterocycles. The second kappa shape index (κ2) is 4.73. The van der Waals surface area contributed by atoms with E-state index in [9.17, 15) is 13.6 Å². The number of nitrogens with zero attached hydrogens (tertiary/aromatic N) is 1. The van der Waals surface area contributed by atoms with Gasteiger partial charge in [-0.3, -0.25) is 0 Å². The Hall–Kier alpha value is -1.92. The molecule has 1 rings (SSSR count). The van der Waals surface area contributed by atoms with Crippen LogP contribution in [-0.2, 0) is 4.74 Å². The van der Waals surface area contributed by atoms with E-state index in [2.05, 4.69) is 9.72 Å². The molecule has 0 spiro atoms. The maximum atomic E-state index is 12.7. The molecule has 0 radical (unpaired) electrons. The molecule has 0 atom stereocenters. The number of esters is 1. The number of nitrogens with two attached hydrogens (primary N) is 1. The van der Waals surface area contributed by atoms with Crippen LogP contribution in [0.15, 0.2) is 6.20 Å². The van der Waals surface area contributed by atoms with Crippen LogP contribution in [0.2, 0.25) is 0 Å². The Kier molecular flexibility index (Phi) is 3.60. The van der Waals surface area contributed by atoms with Crippen LogP contribution in [0.3, 0.4) is 0 Å². The zero-order valence-electron chi connectivity index (χ0n) is 8.66. The summed E-state index contributed by atoms with van der Waals surface area (Å²) >= 11 is 0. The van der Waals surface area contributed by atoms with Crippen LogP contribution in [0.25, 0.3) is 0 Å². The van der Waals surface area contributed by atoms with Gasteiger partial charge in [-0.15, -0.1) is 0 Å². The highest BCUT2D eigenvalue weighted by Gasteiger charge is 2.25. The quantitative estimate of drug-likeness (QED) is 0.797. The average Bonchev–Trinajstić information content (AvgIpc) is 2.26. The van der Waals surface area contributed by atoms with Gasteiger partial charge in [0.2, 0.25) is 0 Å². The highest BCUT2D eigenvalue weighted by atomic mass is 19.3. The smallest absolute Gasteiger partial charge is 0.357 e. The van der Waals surface area contributed by atoms with E-state index in [0.29, 0.717) is 0 Å². The number of hydrogen-bond acceptors (Lipinski definition) is 5. The minimum Gasteiger partial charge on any atom is -0.493 e. The number of nitrogen functional groups attached to an aromatic ring is 1.